The molecule has 0 bridgehead atoms. The van der Waals surface area contributed by atoms with E-state index in [0.29, 0.717) is 16.5 Å². The maximum Gasteiger partial charge on any atom is 0.339 e. The third kappa shape index (κ3) is 3.74. The van der Waals surface area contributed by atoms with E-state index in [2.05, 4.69) is 5.32 Å². The van der Waals surface area contributed by atoms with Crippen molar-refractivity contribution in [2.75, 3.05) is 5.75 Å². The SMILES string of the molecule is Cc1c(CCC(=O)N[C@@H]2C=CS(=O)(=O)C2)c(=O)oc2cc(O)ccc12. The number of amides is 1. The fourth-order valence-electron chi connectivity index (χ4n) is 2.86. The van der Waals surface area contributed by atoms with E-state index in [1.54, 1.807) is 13.0 Å². The van der Waals surface area contributed by atoms with Crippen molar-refractivity contribution in [3.63, 3.8) is 0 Å². The lowest BCUT2D eigenvalue weighted by Crippen LogP contribution is -2.35. The van der Waals surface area contributed by atoms with Gasteiger partial charge in [0.05, 0.1) is 11.8 Å². The van der Waals surface area contributed by atoms with Crippen molar-refractivity contribution in [2.24, 2.45) is 0 Å². The molecule has 1 aliphatic rings. The normalized spacial score (nSPS) is 18.5. The van der Waals surface area contributed by atoms with Gasteiger partial charge >= 0.3 is 5.63 Å². The summed E-state index contributed by atoms with van der Waals surface area (Å²) in [7, 11) is -3.23. The van der Waals surface area contributed by atoms with Crippen molar-refractivity contribution in [2.45, 2.75) is 25.8 Å². The van der Waals surface area contributed by atoms with Gasteiger partial charge in [-0.3, -0.25) is 4.79 Å². The number of phenolic OH excluding ortho intramolecular Hbond substituents is 1. The highest BCUT2D eigenvalue weighted by molar-refractivity contribution is 7.94. The number of rotatable bonds is 4. The highest BCUT2D eigenvalue weighted by atomic mass is 32.2. The Bertz CT molecular complexity index is 1040. The second-order valence-corrected chi connectivity index (χ2v) is 7.94. The van der Waals surface area contributed by atoms with Crippen molar-refractivity contribution in [1.29, 1.82) is 0 Å². The number of nitrogens with one attached hydrogen (secondary N) is 1. The van der Waals surface area contributed by atoms with Crippen LogP contribution in [0.1, 0.15) is 17.5 Å². The van der Waals surface area contributed by atoms with Crippen LogP contribution in [-0.4, -0.2) is 31.2 Å². The summed E-state index contributed by atoms with van der Waals surface area (Å²) in [6.45, 7) is 1.76. The Morgan fingerprint density at radius 3 is 2.84 bits per heavy atom. The second kappa shape index (κ2) is 6.36. The van der Waals surface area contributed by atoms with Crippen molar-refractivity contribution < 1.29 is 22.7 Å². The number of carbonyl (C=O) groups excluding carboxylic acids is 1. The van der Waals surface area contributed by atoms with Crippen LogP contribution < -0.4 is 10.9 Å². The molecule has 3 rings (SSSR count). The molecule has 7 nitrogen and oxygen atoms in total. The number of hydrogen-bond donors (Lipinski definition) is 2. The van der Waals surface area contributed by atoms with Gasteiger partial charge in [0.15, 0.2) is 9.84 Å². The van der Waals surface area contributed by atoms with E-state index in [-0.39, 0.29) is 35.8 Å². The van der Waals surface area contributed by atoms with Crippen LogP contribution in [0.2, 0.25) is 0 Å². The topological polar surface area (TPSA) is 114 Å². The zero-order valence-electron chi connectivity index (χ0n) is 13.5. The summed E-state index contributed by atoms with van der Waals surface area (Å²) in [5.74, 6) is -0.475. The molecule has 1 aliphatic heterocycles. The molecular weight excluding hydrogens is 346 g/mol. The third-order valence-corrected chi connectivity index (χ3v) is 5.54. The van der Waals surface area contributed by atoms with Gasteiger partial charge in [-0.15, -0.1) is 0 Å². The average Bonchev–Trinajstić information content (AvgIpc) is 2.85. The summed E-state index contributed by atoms with van der Waals surface area (Å²) in [6.07, 6.45) is 1.66. The zero-order chi connectivity index (χ0) is 18.2. The van der Waals surface area contributed by atoms with Crippen LogP contribution in [0.3, 0.4) is 0 Å². The van der Waals surface area contributed by atoms with Crippen LogP contribution in [0.5, 0.6) is 5.75 Å². The Labute approximate surface area is 143 Å². The number of carbonyl (C=O) groups is 1. The van der Waals surface area contributed by atoms with E-state index in [1.165, 1.54) is 18.2 Å². The molecule has 0 radical (unpaired) electrons. The molecule has 25 heavy (non-hydrogen) atoms. The van der Waals surface area contributed by atoms with Crippen molar-refractivity contribution in [1.82, 2.24) is 5.32 Å². The molecule has 8 heteroatoms. The maximum atomic E-state index is 12.1. The monoisotopic (exact) mass is 363 g/mol. The minimum absolute atomic E-state index is 0.00162. The highest BCUT2D eigenvalue weighted by Gasteiger charge is 2.23. The van der Waals surface area contributed by atoms with E-state index in [9.17, 15) is 23.1 Å². The van der Waals surface area contributed by atoms with Crippen LogP contribution >= 0.6 is 0 Å². The van der Waals surface area contributed by atoms with Gasteiger partial charge < -0.3 is 14.8 Å². The Morgan fingerprint density at radius 2 is 2.16 bits per heavy atom. The van der Waals surface area contributed by atoms with Gasteiger partial charge in [0.25, 0.3) is 0 Å². The Kier molecular flexibility index (Phi) is 4.38. The average molecular weight is 363 g/mol. The van der Waals surface area contributed by atoms with Crippen LogP contribution in [0.25, 0.3) is 11.0 Å². The van der Waals surface area contributed by atoms with Gasteiger partial charge in [-0.05, 0) is 37.1 Å². The van der Waals surface area contributed by atoms with Crippen LogP contribution in [-0.2, 0) is 21.1 Å². The Morgan fingerprint density at radius 1 is 1.40 bits per heavy atom. The fraction of sp³-hybridized carbons (Fsp3) is 0.294. The van der Waals surface area contributed by atoms with E-state index < -0.39 is 21.5 Å². The van der Waals surface area contributed by atoms with Gasteiger partial charge in [0.2, 0.25) is 5.91 Å². The molecular formula is C17H17NO6S. The summed E-state index contributed by atoms with van der Waals surface area (Å²) in [6, 6.07) is 3.99. The molecule has 0 spiro atoms. The lowest BCUT2D eigenvalue weighted by atomic mass is 10.0. The van der Waals surface area contributed by atoms with E-state index >= 15 is 0 Å². The number of phenols is 1. The number of hydrogen-bond acceptors (Lipinski definition) is 6. The smallest absolute Gasteiger partial charge is 0.339 e. The van der Waals surface area contributed by atoms with Crippen LogP contribution in [0, 0.1) is 6.92 Å². The van der Waals surface area contributed by atoms with Crippen molar-refractivity contribution in [3.05, 3.63) is 51.2 Å². The first-order valence-corrected chi connectivity index (χ1v) is 9.42. The molecule has 1 aromatic heterocycles. The molecule has 0 fully saturated rings. The molecule has 132 valence electrons. The molecule has 2 aromatic rings. The molecule has 0 aliphatic carbocycles. The maximum absolute atomic E-state index is 12.1. The highest BCUT2D eigenvalue weighted by Crippen LogP contribution is 2.23. The summed E-state index contributed by atoms with van der Waals surface area (Å²) in [4.78, 5) is 24.1. The van der Waals surface area contributed by atoms with Gasteiger partial charge in [0.1, 0.15) is 11.3 Å². The first kappa shape index (κ1) is 17.2. The largest absolute Gasteiger partial charge is 0.508 e. The second-order valence-electron chi connectivity index (χ2n) is 6.01. The lowest BCUT2D eigenvalue weighted by molar-refractivity contribution is -0.121. The molecule has 2 heterocycles. The predicted octanol–water partition coefficient (Wildman–Crippen LogP) is 1.17. The molecule has 0 unspecified atom stereocenters. The first-order valence-electron chi connectivity index (χ1n) is 7.71. The summed E-state index contributed by atoms with van der Waals surface area (Å²) < 4.78 is 27.9. The summed E-state index contributed by atoms with van der Waals surface area (Å²) in [5.41, 5.74) is 0.828. The van der Waals surface area contributed by atoms with Crippen molar-refractivity contribution in [3.8, 4) is 5.75 Å². The lowest BCUT2D eigenvalue weighted by Gasteiger charge is -2.11. The van der Waals surface area contributed by atoms with Crippen LogP contribution in [0.15, 0.2) is 38.9 Å². The zero-order valence-corrected chi connectivity index (χ0v) is 14.3. The number of sulfone groups is 1. The summed E-state index contributed by atoms with van der Waals surface area (Å²) >= 11 is 0. The number of aryl methyl sites for hydroxylation is 1. The van der Waals surface area contributed by atoms with Gasteiger partial charge in [-0.1, -0.05) is 0 Å². The molecule has 0 saturated heterocycles. The van der Waals surface area contributed by atoms with Crippen molar-refractivity contribution >= 4 is 26.7 Å². The molecule has 2 N–H and O–H groups in total. The molecule has 1 atom stereocenters. The summed E-state index contributed by atoms with van der Waals surface area (Å²) in [5, 5.41) is 13.9. The quantitative estimate of drug-likeness (QED) is 0.788. The van der Waals surface area contributed by atoms with E-state index in [4.69, 9.17) is 4.42 Å². The predicted molar refractivity (Wildman–Crippen MR) is 92.1 cm³/mol. The Hall–Kier alpha value is -2.61. The van der Waals surface area contributed by atoms with Gasteiger partial charge in [0, 0.05) is 28.8 Å². The van der Waals surface area contributed by atoms with E-state index in [0.717, 1.165) is 5.41 Å². The Balaban J connectivity index is 1.73. The van der Waals surface area contributed by atoms with Gasteiger partial charge in [-0.2, -0.15) is 0 Å². The first-order chi connectivity index (χ1) is 11.7. The molecule has 1 amide bonds. The fourth-order valence-corrected chi connectivity index (χ4v) is 4.09. The molecule has 0 saturated carbocycles. The van der Waals surface area contributed by atoms with E-state index in [1.807, 2.05) is 0 Å². The standard InChI is InChI=1S/C17H17NO6S/c1-10-13-3-2-12(19)8-15(13)24-17(21)14(10)4-5-16(20)18-11-6-7-25(22,23)9-11/h2-3,6-8,11,19H,4-5,9H2,1H3,(H,18,20)/t11-/m1/s1. The third-order valence-electron chi connectivity index (χ3n) is 4.15. The minimum atomic E-state index is -3.23. The van der Waals surface area contributed by atoms with Crippen LogP contribution in [0.4, 0.5) is 0 Å². The van der Waals surface area contributed by atoms with Gasteiger partial charge in [-0.25, -0.2) is 13.2 Å². The minimum Gasteiger partial charge on any atom is -0.508 e. The number of fused-ring (bicyclic) bond motifs is 1. The number of aromatic hydroxyl groups is 1. The molecule has 1 aromatic carbocycles. The number of benzene rings is 1.